The minimum atomic E-state index is 0.0382. The number of para-hydroxylation sites is 1. The smallest absolute Gasteiger partial charge is 0.163 e. The monoisotopic (exact) mass is 208 g/mol. The van der Waals surface area contributed by atoms with Crippen LogP contribution in [0.3, 0.4) is 0 Å². The first kappa shape index (κ1) is 13.7. The van der Waals surface area contributed by atoms with Gasteiger partial charge in [-0.2, -0.15) is 0 Å². The van der Waals surface area contributed by atoms with E-state index in [1.54, 1.807) is 13.0 Å². The minimum Gasteiger partial charge on any atom is -0.490 e. The molecule has 0 atom stereocenters. The number of hydrogen-bond acceptors (Lipinski definition) is 2. The first-order chi connectivity index (χ1) is 7.11. The van der Waals surface area contributed by atoms with Crippen molar-refractivity contribution in [2.24, 2.45) is 0 Å². The molecule has 0 bridgehead atoms. The number of carbonyl (C=O) groups is 1. The number of rotatable bonds is 3. The lowest BCUT2D eigenvalue weighted by Crippen LogP contribution is -2.08. The molecule has 0 aliphatic rings. The minimum absolute atomic E-state index is 0.0382. The van der Waals surface area contributed by atoms with Crippen LogP contribution in [0, 0.1) is 0 Å². The lowest BCUT2D eigenvalue weighted by atomic mass is 10.1. The van der Waals surface area contributed by atoms with E-state index < -0.39 is 0 Å². The van der Waals surface area contributed by atoms with Crippen molar-refractivity contribution in [2.45, 2.75) is 40.7 Å². The van der Waals surface area contributed by atoms with Gasteiger partial charge in [0.2, 0.25) is 0 Å². The fourth-order valence-electron chi connectivity index (χ4n) is 1.11. The predicted octanol–water partition coefficient (Wildman–Crippen LogP) is 3.70. The summed E-state index contributed by atoms with van der Waals surface area (Å²) in [6, 6.07) is 7.30. The fourth-order valence-corrected chi connectivity index (χ4v) is 1.11. The molecule has 0 saturated heterocycles. The third-order valence-corrected chi connectivity index (χ3v) is 1.63. The topological polar surface area (TPSA) is 26.3 Å². The summed E-state index contributed by atoms with van der Waals surface area (Å²) in [5, 5.41) is 0. The highest BCUT2D eigenvalue weighted by molar-refractivity contribution is 5.96. The number of carbonyl (C=O) groups excluding carboxylic acids is 1. The van der Waals surface area contributed by atoms with Crippen LogP contribution in [0.5, 0.6) is 5.75 Å². The molecule has 0 fully saturated rings. The zero-order valence-corrected chi connectivity index (χ0v) is 10.2. The van der Waals surface area contributed by atoms with Gasteiger partial charge in [-0.15, -0.1) is 0 Å². The van der Waals surface area contributed by atoms with Gasteiger partial charge in [-0.1, -0.05) is 26.0 Å². The number of benzene rings is 1. The van der Waals surface area contributed by atoms with E-state index in [-0.39, 0.29) is 11.9 Å². The molecular weight excluding hydrogens is 188 g/mol. The first-order valence-corrected chi connectivity index (χ1v) is 5.38. The van der Waals surface area contributed by atoms with Crippen LogP contribution in [0.25, 0.3) is 0 Å². The van der Waals surface area contributed by atoms with Crippen molar-refractivity contribution in [3.63, 3.8) is 0 Å². The van der Waals surface area contributed by atoms with Crippen LogP contribution in [0.15, 0.2) is 24.3 Å². The Kier molecular flexibility index (Phi) is 6.43. The highest BCUT2D eigenvalue weighted by atomic mass is 16.5. The quantitative estimate of drug-likeness (QED) is 0.708. The molecule has 0 aromatic heterocycles. The molecule has 1 rings (SSSR count). The van der Waals surface area contributed by atoms with Gasteiger partial charge in [0.05, 0.1) is 11.7 Å². The molecule has 0 unspecified atom stereocenters. The SMILES string of the molecule is CC.CC(=O)c1ccccc1OC(C)C. The number of hydrogen-bond donors (Lipinski definition) is 0. The van der Waals surface area contributed by atoms with Crippen molar-refractivity contribution < 1.29 is 9.53 Å². The third-order valence-electron chi connectivity index (χ3n) is 1.63. The van der Waals surface area contributed by atoms with Crippen LogP contribution < -0.4 is 4.74 Å². The van der Waals surface area contributed by atoms with Gasteiger partial charge in [0.25, 0.3) is 0 Å². The third kappa shape index (κ3) is 4.63. The number of ether oxygens (including phenoxy) is 1. The second-order valence-electron chi connectivity index (χ2n) is 3.22. The van der Waals surface area contributed by atoms with Crippen molar-refractivity contribution >= 4 is 5.78 Å². The average Bonchev–Trinajstić information content (AvgIpc) is 2.20. The Bertz CT molecular complexity index is 303. The summed E-state index contributed by atoms with van der Waals surface area (Å²) in [6.45, 7) is 9.43. The van der Waals surface area contributed by atoms with Crippen LogP contribution in [0.1, 0.15) is 45.0 Å². The van der Waals surface area contributed by atoms with Crippen molar-refractivity contribution in [1.29, 1.82) is 0 Å². The van der Waals surface area contributed by atoms with Crippen LogP contribution in [-0.2, 0) is 0 Å². The highest BCUT2D eigenvalue weighted by Crippen LogP contribution is 2.19. The summed E-state index contributed by atoms with van der Waals surface area (Å²) >= 11 is 0. The summed E-state index contributed by atoms with van der Waals surface area (Å²) in [6.07, 6.45) is 0.0977. The Hall–Kier alpha value is -1.31. The molecule has 0 saturated carbocycles. The maximum absolute atomic E-state index is 11.2. The van der Waals surface area contributed by atoms with Crippen LogP contribution in [-0.4, -0.2) is 11.9 Å². The molecule has 0 aliphatic heterocycles. The molecule has 0 heterocycles. The van der Waals surface area contributed by atoms with Crippen molar-refractivity contribution in [3.05, 3.63) is 29.8 Å². The standard InChI is InChI=1S/C11H14O2.C2H6/c1-8(2)13-11-7-5-4-6-10(11)9(3)12;1-2/h4-8H,1-3H3;1-2H3. The summed E-state index contributed by atoms with van der Waals surface area (Å²) in [5.74, 6) is 0.709. The largest absolute Gasteiger partial charge is 0.490 e. The van der Waals surface area contributed by atoms with E-state index >= 15 is 0 Å². The van der Waals surface area contributed by atoms with Crippen molar-refractivity contribution in [3.8, 4) is 5.75 Å². The molecule has 2 nitrogen and oxygen atoms in total. The van der Waals surface area contributed by atoms with Gasteiger partial charge in [-0.25, -0.2) is 0 Å². The molecule has 1 aromatic rings. The zero-order chi connectivity index (χ0) is 11.8. The normalized spacial score (nSPS) is 9.20. The number of Topliss-reactive ketones (excluding diaryl/α,β-unsaturated/α-hetero) is 1. The highest BCUT2D eigenvalue weighted by Gasteiger charge is 2.07. The molecule has 84 valence electrons. The van der Waals surface area contributed by atoms with E-state index in [1.165, 1.54) is 0 Å². The maximum atomic E-state index is 11.2. The molecule has 0 spiro atoms. The average molecular weight is 208 g/mol. The summed E-state index contributed by atoms with van der Waals surface area (Å²) in [7, 11) is 0. The molecule has 0 amide bonds. The van der Waals surface area contributed by atoms with E-state index in [2.05, 4.69) is 0 Å². The van der Waals surface area contributed by atoms with Crippen LogP contribution >= 0.6 is 0 Å². The van der Waals surface area contributed by atoms with Gasteiger partial charge in [0.1, 0.15) is 5.75 Å². The summed E-state index contributed by atoms with van der Waals surface area (Å²) in [5.41, 5.74) is 0.649. The van der Waals surface area contributed by atoms with Gasteiger partial charge in [0, 0.05) is 0 Å². The number of ketones is 1. The molecule has 0 radical (unpaired) electrons. The lowest BCUT2D eigenvalue weighted by molar-refractivity contribution is 0.101. The Labute approximate surface area is 92.3 Å². The van der Waals surface area contributed by atoms with Crippen molar-refractivity contribution in [2.75, 3.05) is 0 Å². The van der Waals surface area contributed by atoms with Gasteiger partial charge in [-0.05, 0) is 32.9 Å². The molecule has 2 heteroatoms. The lowest BCUT2D eigenvalue weighted by Gasteiger charge is -2.12. The Morgan fingerprint density at radius 1 is 1.20 bits per heavy atom. The van der Waals surface area contributed by atoms with Gasteiger partial charge >= 0.3 is 0 Å². The van der Waals surface area contributed by atoms with Crippen LogP contribution in [0.4, 0.5) is 0 Å². The van der Waals surface area contributed by atoms with Crippen molar-refractivity contribution in [1.82, 2.24) is 0 Å². The second-order valence-corrected chi connectivity index (χ2v) is 3.22. The first-order valence-electron chi connectivity index (χ1n) is 5.38. The molecule has 0 aliphatic carbocycles. The maximum Gasteiger partial charge on any atom is 0.163 e. The van der Waals surface area contributed by atoms with Crippen LogP contribution in [0.2, 0.25) is 0 Å². The molecule has 1 aromatic carbocycles. The van der Waals surface area contributed by atoms with Gasteiger partial charge in [-0.3, -0.25) is 4.79 Å². The Balaban J connectivity index is 0.000000921. The van der Waals surface area contributed by atoms with E-state index in [0.29, 0.717) is 11.3 Å². The van der Waals surface area contributed by atoms with Gasteiger partial charge in [0.15, 0.2) is 5.78 Å². The van der Waals surface area contributed by atoms with E-state index in [9.17, 15) is 4.79 Å². The van der Waals surface area contributed by atoms with E-state index in [1.807, 2.05) is 45.9 Å². The zero-order valence-electron chi connectivity index (χ0n) is 10.2. The molecular formula is C13H20O2. The molecule has 0 N–H and O–H groups in total. The van der Waals surface area contributed by atoms with E-state index in [4.69, 9.17) is 4.74 Å². The van der Waals surface area contributed by atoms with E-state index in [0.717, 1.165) is 0 Å². The Morgan fingerprint density at radius 3 is 2.20 bits per heavy atom. The fraction of sp³-hybridized carbons (Fsp3) is 0.462. The second kappa shape index (κ2) is 7.04. The Morgan fingerprint density at radius 2 is 1.73 bits per heavy atom. The van der Waals surface area contributed by atoms with Gasteiger partial charge < -0.3 is 4.74 Å². The predicted molar refractivity (Wildman–Crippen MR) is 63.6 cm³/mol. The molecule has 15 heavy (non-hydrogen) atoms. The summed E-state index contributed by atoms with van der Waals surface area (Å²) < 4.78 is 5.49. The summed E-state index contributed by atoms with van der Waals surface area (Å²) in [4.78, 5) is 11.2.